The summed E-state index contributed by atoms with van der Waals surface area (Å²) in [5.74, 6) is 0.627. The molecule has 0 radical (unpaired) electrons. The van der Waals surface area contributed by atoms with Gasteiger partial charge in [0.1, 0.15) is 10.4 Å². The average Bonchev–Trinajstić information content (AvgIpc) is 3.31. The monoisotopic (exact) mass is 423 g/mol. The predicted octanol–water partition coefficient (Wildman–Crippen LogP) is 4.60. The van der Waals surface area contributed by atoms with Gasteiger partial charge in [-0.25, -0.2) is 10.0 Å². The van der Waals surface area contributed by atoms with Gasteiger partial charge in [-0.15, -0.1) is 10.2 Å². The Morgan fingerprint density at radius 1 is 1.10 bits per heavy atom. The summed E-state index contributed by atoms with van der Waals surface area (Å²) in [5, 5.41) is 20.8. The molecule has 1 aromatic carbocycles. The van der Waals surface area contributed by atoms with E-state index in [4.69, 9.17) is 10.1 Å². The third-order valence-corrected chi connectivity index (χ3v) is 6.07. The predicted molar refractivity (Wildman–Crippen MR) is 120 cm³/mol. The van der Waals surface area contributed by atoms with E-state index in [2.05, 4.69) is 51.7 Å². The van der Waals surface area contributed by atoms with Crippen LogP contribution in [-0.4, -0.2) is 31.2 Å². The van der Waals surface area contributed by atoms with Gasteiger partial charge in [0.2, 0.25) is 11.1 Å². The molecule has 1 atom stereocenters. The van der Waals surface area contributed by atoms with E-state index in [1.807, 2.05) is 37.1 Å². The van der Waals surface area contributed by atoms with Crippen LogP contribution in [0.25, 0.3) is 0 Å². The molecule has 0 fully saturated rings. The number of nitrogens with one attached hydrogen (secondary N) is 1. The minimum absolute atomic E-state index is 0.000370. The zero-order valence-corrected chi connectivity index (χ0v) is 18.0. The normalized spacial score (nSPS) is 16.8. The maximum Gasteiger partial charge on any atom is 0.223 e. The molecule has 3 heterocycles. The SMILES string of the molecule is CC1=NN(C(=NCc2ccccn2)Nc2nnc(C)s2)C(c2ccc(C)cc2)S1. The lowest BCUT2D eigenvalue weighted by molar-refractivity contribution is 0.435. The molecule has 4 rings (SSSR count). The largest absolute Gasteiger partial charge is 0.299 e. The number of guanidine groups is 1. The lowest BCUT2D eigenvalue weighted by Gasteiger charge is -2.24. The van der Waals surface area contributed by atoms with Crippen LogP contribution in [0.1, 0.15) is 34.1 Å². The molecule has 1 unspecified atom stereocenters. The Morgan fingerprint density at radius 3 is 2.62 bits per heavy atom. The van der Waals surface area contributed by atoms with Crippen molar-refractivity contribution in [1.82, 2.24) is 20.2 Å². The number of benzene rings is 1. The Hall–Kier alpha value is -2.78. The smallest absolute Gasteiger partial charge is 0.223 e. The second kappa shape index (κ2) is 8.71. The highest BCUT2D eigenvalue weighted by atomic mass is 32.2. The molecule has 0 bridgehead atoms. The number of nitrogens with zero attached hydrogens (tertiary/aromatic N) is 6. The second-order valence-electron chi connectivity index (χ2n) is 6.56. The van der Waals surface area contributed by atoms with E-state index >= 15 is 0 Å². The van der Waals surface area contributed by atoms with Crippen LogP contribution in [0.15, 0.2) is 58.8 Å². The summed E-state index contributed by atoms with van der Waals surface area (Å²) < 4.78 is 0. The number of thioether (sulfide) groups is 1. The maximum absolute atomic E-state index is 4.80. The molecular weight excluding hydrogens is 402 g/mol. The summed E-state index contributed by atoms with van der Waals surface area (Å²) in [6, 6.07) is 14.3. The molecule has 1 N–H and O–H groups in total. The molecule has 2 aromatic heterocycles. The van der Waals surface area contributed by atoms with Crippen molar-refractivity contribution in [2.75, 3.05) is 5.32 Å². The van der Waals surface area contributed by atoms with E-state index in [9.17, 15) is 0 Å². The van der Waals surface area contributed by atoms with Crippen molar-refractivity contribution < 1.29 is 0 Å². The molecule has 0 aliphatic carbocycles. The fourth-order valence-corrected chi connectivity index (χ4v) is 4.38. The van der Waals surface area contributed by atoms with Crippen LogP contribution in [0.4, 0.5) is 5.13 Å². The fraction of sp³-hybridized carbons (Fsp3) is 0.250. The van der Waals surface area contributed by atoms with Gasteiger partial charge >= 0.3 is 0 Å². The maximum atomic E-state index is 4.80. The van der Waals surface area contributed by atoms with Crippen molar-refractivity contribution in [2.45, 2.75) is 32.7 Å². The van der Waals surface area contributed by atoms with Gasteiger partial charge in [0, 0.05) is 6.20 Å². The molecule has 1 aliphatic heterocycles. The highest BCUT2D eigenvalue weighted by molar-refractivity contribution is 8.14. The van der Waals surface area contributed by atoms with Crippen molar-refractivity contribution in [1.29, 1.82) is 0 Å². The zero-order valence-electron chi connectivity index (χ0n) is 16.4. The highest BCUT2D eigenvalue weighted by Gasteiger charge is 2.31. The van der Waals surface area contributed by atoms with E-state index in [0.29, 0.717) is 17.6 Å². The Kier molecular flexibility index (Phi) is 5.86. The lowest BCUT2D eigenvalue weighted by Crippen LogP contribution is -2.32. The number of hydrazone groups is 1. The molecule has 0 spiro atoms. The van der Waals surface area contributed by atoms with E-state index in [1.165, 1.54) is 22.5 Å². The number of aromatic nitrogens is 3. The minimum atomic E-state index is -0.000370. The zero-order chi connectivity index (χ0) is 20.2. The summed E-state index contributed by atoms with van der Waals surface area (Å²) in [5.41, 5.74) is 3.29. The molecular formula is C20H21N7S2. The second-order valence-corrected chi connectivity index (χ2v) is 9.01. The molecule has 9 heteroatoms. The molecule has 148 valence electrons. The van der Waals surface area contributed by atoms with Gasteiger partial charge in [-0.1, -0.05) is 59.0 Å². The third kappa shape index (κ3) is 4.80. The molecule has 29 heavy (non-hydrogen) atoms. The van der Waals surface area contributed by atoms with Crippen LogP contribution in [0.2, 0.25) is 0 Å². The Morgan fingerprint density at radius 2 is 1.93 bits per heavy atom. The number of anilines is 1. The molecule has 1 aliphatic rings. The van der Waals surface area contributed by atoms with Crippen LogP contribution < -0.4 is 5.32 Å². The number of hydrogen-bond acceptors (Lipinski definition) is 7. The summed E-state index contributed by atoms with van der Waals surface area (Å²) >= 11 is 3.19. The van der Waals surface area contributed by atoms with Gasteiger partial charge in [0.15, 0.2) is 0 Å². The first-order valence-electron chi connectivity index (χ1n) is 9.17. The Bertz CT molecular complexity index is 1030. The highest BCUT2D eigenvalue weighted by Crippen LogP contribution is 2.39. The van der Waals surface area contributed by atoms with Crippen LogP contribution in [-0.2, 0) is 6.54 Å². The first-order valence-corrected chi connectivity index (χ1v) is 10.9. The Labute approximate surface area is 178 Å². The van der Waals surface area contributed by atoms with Gasteiger partial charge in [0.05, 0.1) is 17.3 Å². The van der Waals surface area contributed by atoms with Crippen molar-refractivity contribution in [2.24, 2.45) is 10.1 Å². The van der Waals surface area contributed by atoms with Gasteiger partial charge < -0.3 is 0 Å². The quantitative estimate of drug-likeness (QED) is 0.488. The minimum Gasteiger partial charge on any atom is -0.299 e. The van der Waals surface area contributed by atoms with Gasteiger partial charge in [0.25, 0.3) is 0 Å². The molecule has 0 amide bonds. The van der Waals surface area contributed by atoms with Crippen molar-refractivity contribution in [3.8, 4) is 0 Å². The first kappa shape index (κ1) is 19.5. The summed E-state index contributed by atoms with van der Waals surface area (Å²) in [6.07, 6.45) is 1.77. The molecule has 0 saturated heterocycles. The van der Waals surface area contributed by atoms with Crippen LogP contribution >= 0.6 is 23.1 Å². The van der Waals surface area contributed by atoms with Crippen molar-refractivity contribution in [3.05, 3.63) is 70.5 Å². The van der Waals surface area contributed by atoms with E-state index < -0.39 is 0 Å². The molecule has 7 nitrogen and oxygen atoms in total. The van der Waals surface area contributed by atoms with Crippen LogP contribution in [0.3, 0.4) is 0 Å². The third-order valence-electron chi connectivity index (χ3n) is 4.19. The van der Waals surface area contributed by atoms with E-state index in [-0.39, 0.29) is 5.37 Å². The van der Waals surface area contributed by atoms with E-state index in [1.54, 1.807) is 18.0 Å². The first-order chi connectivity index (χ1) is 14.1. The van der Waals surface area contributed by atoms with Crippen molar-refractivity contribution >= 4 is 39.2 Å². The number of pyridine rings is 1. The average molecular weight is 424 g/mol. The van der Waals surface area contributed by atoms with Crippen LogP contribution in [0.5, 0.6) is 0 Å². The number of aliphatic imine (C=N–C) groups is 1. The van der Waals surface area contributed by atoms with Gasteiger partial charge in [-0.3, -0.25) is 10.3 Å². The summed E-state index contributed by atoms with van der Waals surface area (Å²) in [7, 11) is 0. The topological polar surface area (TPSA) is 78.7 Å². The number of hydrogen-bond donors (Lipinski definition) is 1. The summed E-state index contributed by atoms with van der Waals surface area (Å²) in [6.45, 7) is 6.47. The molecule has 0 saturated carbocycles. The van der Waals surface area contributed by atoms with Gasteiger partial charge in [-0.05, 0) is 38.5 Å². The molecule has 3 aromatic rings. The fourth-order valence-electron chi connectivity index (χ4n) is 2.80. The summed E-state index contributed by atoms with van der Waals surface area (Å²) in [4.78, 5) is 9.17. The Balaban J connectivity index is 1.66. The standard InChI is InChI=1S/C20H21N7S2/c1-13-7-9-16(10-8-13)18-27(26-15(3)28-18)19(23-20-25-24-14(2)29-20)22-12-17-6-4-5-11-21-17/h4-11,18H,12H2,1-3H3,(H,22,23,25). The number of rotatable bonds is 4. The van der Waals surface area contributed by atoms with E-state index in [0.717, 1.165) is 15.7 Å². The van der Waals surface area contributed by atoms with Gasteiger partial charge in [-0.2, -0.15) is 5.10 Å². The number of aryl methyl sites for hydroxylation is 2. The van der Waals surface area contributed by atoms with Crippen LogP contribution in [0, 0.1) is 13.8 Å². The van der Waals surface area contributed by atoms with Crippen molar-refractivity contribution in [3.63, 3.8) is 0 Å². The lowest BCUT2D eigenvalue weighted by atomic mass is 10.1.